The van der Waals surface area contributed by atoms with E-state index in [1.54, 1.807) is 11.8 Å². The summed E-state index contributed by atoms with van der Waals surface area (Å²) in [5, 5.41) is 3.25. The Balaban J connectivity index is 1.48. The second kappa shape index (κ2) is 6.66. The van der Waals surface area contributed by atoms with Crippen molar-refractivity contribution in [3.8, 4) is 0 Å². The number of hydrogen-bond donors (Lipinski definition) is 1. The first kappa shape index (κ1) is 15.9. The van der Waals surface area contributed by atoms with Gasteiger partial charge in [-0.3, -0.25) is 4.79 Å². The van der Waals surface area contributed by atoms with Crippen LogP contribution in [0.25, 0.3) is 0 Å². The van der Waals surface area contributed by atoms with E-state index in [1.807, 2.05) is 0 Å². The lowest BCUT2D eigenvalue weighted by Gasteiger charge is -2.28. The normalized spacial score (nSPS) is 27.9. The van der Waals surface area contributed by atoms with Crippen LogP contribution in [0, 0.1) is 31.6 Å². The van der Waals surface area contributed by atoms with E-state index in [0.717, 1.165) is 11.8 Å². The summed E-state index contributed by atoms with van der Waals surface area (Å²) in [4.78, 5) is 13.5. The third-order valence-corrected chi connectivity index (χ3v) is 6.69. The van der Waals surface area contributed by atoms with Crippen LogP contribution in [0.4, 0.5) is 0 Å². The minimum absolute atomic E-state index is 0.181. The summed E-state index contributed by atoms with van der Waals surface area (Å²) < 4.78 is 0. The van der Waals surface area contributed by atoms with E-state index in [0.29, 0.717) is 17.7 Å². The Kier molecular flexibility index (Phi) is 4.82. The molecular weight excluding hydrogens is 290 g/mol. The van der Waals surface area contributed by atoms with E-state index in [-0.39, 0.29) is 5.91 Å². The Hall–Kier alpha value is -0.960. The Labute approximate surface area is 138 Å². The fourth-order valence-electron chi connectivity index (χ4n) is 4.41. The van der Waals surface area contributed by atoms with Crippen LogP contribution < -0.4 is 5.32 Å². The molecule has 4 atom stereocenters. The highest BCUT2D eigenvalue weighted by Gasteiger charge is 2.42. The second-order valence-corrected chi connectivity index (χ2v) is 8.27. The molecule has 1 aromatic carbocycles. The minimum atomic E-state index is 0.181. The first-order chi connectivity index (χ1) is 10.5. The molecule has 1 N–H and O–H groups in total. The maximum Gasteiger partial charge on any atom is 0.230 e. The first-order valence-electron chi connectivity index (χ1n) is 8.52. The topological polar surface area (TPSA) is 29.1 Å². The largest absolute Gasteiger partial charge is 0.353 e. The monoisotopic (exact) mass is 317 g/mol. The molecule has 2 aliphatic carbocycles. The molecule has 2 bridgehead atoms. The smallest absolute Gasteiger partial charge is 0.230 e. The van der Waals surface area contributed by atoms with Crippen LogP contribution in [0.1, 0.15) is 43.7 Å². The van der Waals surface area contributed by atoms with Gasteiger partial charge in [0.15, 0.2) is 0 Å². The van der Waals surface area contributed by atoms with Gasteiger partial charge in [-0.05, 0) is 69.4 Å². The van der Waals surface area contributed by atoms with E-state index in [9.17, 15) is 4.79 Å². The van der Waals surface area contributed by atoms with E-state index < -0.39 is 0 Å². The van der Waals surface area contributed by atoms with Crippen molar-refractivity contribution in [3.05, 3.63) is 29.3 Å². The molecule has 2 aliphatic rings. The number of nitrogens with one attached hydrogen (secondary N) is 1. The van der Waals surface area contributed by atoms with Gasteiger partial charge in [-0.2, -0.15) is 0 Å². The summed E-state index contributed by atoms with van der Waals surface area (Å²) in [5.41, 5.74) is 2.54. The van der Waals surface area contributed by atoms with Crippen molar-refractivity contribution in [2.45, 2.75) is 57.4 Å². The third kappa shape index (κ3) is 3.51. The maximum atomic E-state index is 12.2. The van der Waals surface area contributed by atoms with Crippen LogP contribution in [-0.4, -0.2) is 17.7 Å². The maximum absolute atomic E-state index is 12.2. The first-order valence-corrected chi connectivity index (χ1v) is 9.51. The number of aryl methyl sites for hydroxylation is 2. The van der Waals surface area contributed by atoms with Crippen LogP contribution in [0.3, 0.4) is 0 Å². The molecule has 22 heavy (non-hydrogen) atoms. The average molecular weight is 317 g/mol. The zero-order chi connectivity index (χ0) is 15.7. The molecule has 0 heterocycles. The van der Waals surface area contributed by atoms with Crippen LogP contribution >= 0.6 is 11.8 Å². The van der Waals surface area contributed by atoms with Gasteiger partial charge >= 0.3 is 0 Å². The number of rotatable bonds is 5. The van der Waals surface area contributed by atoms with Gasteiger partial charge in [-0.1, -0.05) is 24.1 Å². The van der Waals surface area contributed by atoms with Crippen molar-refractivity contribution in [3.63, 3.8) is 0 Å². The molecule has 0 saturated heterocycles. The molecule has 1 aromatic rings. The molecule has 0 aromatic heterocycles. The van der Waals surface area contributed by atoms with Gasteiger partial charge in [-0.15, -0.1) is 11.8 Å². The van der Waals surface area contributed by atoms with Gasteiger partial charge < -0.3 is 5.32 Å². The van der Waals surface area contributed by atoms with Crippen molar-refractivity contribution in [2.24, 2.45) is 17.8 Å². The highest BCUT2D eigenvalue weighted by Crippen LogP contribution is 2.49. The van der Waals surface area contributed by atoms with E-state index in [1.165, 1.54) is 41.7 Å². The number of fused-ring (bicyclic) bond motifs is 2. The highest BCUT2D eigenvalue weighted by atomic mass is 32.2. The summed E-state index contributed by atoms with van der Waals surface area (Å²) in [5.74, 6) is 3.23. The molecule has 2 fully saturated rings. The lowest BCUT2D eigenvalue weighted by molar-refractivity contribution is -0.119. The van der Waals surface area contributed by atoms with Crippen LogP contribution in [0.2, 0.25) is 0 Å². The number of carbonyl (C=O) groups excluding carboxylic acids is 1. The number of hydrogen-bond acceptors (Lipinski definition) is 2. The summed E-state index contributed by atoms with van der Waals surface area (Å²) in [6.07, 6.45) is 5.54. The zero-order valence-electron chi connectivity index (χ0n) is 13.9. The second-order valence-electron chi connectivity index (χ2n) is 7.25. The van der Waals surface area contributed by atoms with Crippen molar-refractivity contribution in [1.29, 1.82) is 0 Å². The van der Waals surface area contributed by atoms with Crippen molar-refractivity contribution < 1.29 is 4.79 Å². The molecule has 120 valence electrons. The predicted molar refractivity (Wildman–Crippen MR) is 93.2 cm³/mol. The van der Waals surface area contributed by atoms with Crippen molar-refractivity contribution in [1.82, 2.24) is 5.32 Å². The van der Waals surface area contributed by atoms with E-state index in [4.69, 9.17) is 0 Å². The number of amides is 1. The van der Waals surface area contributed by atoms with Gasteiger partial charge in [0.25, 0.3) is 0 Å². The molecule has 0 radical (unpaired) electrons. The van der Waals surface area contributed by atoms with Gasteiger partial charge in [0, 0.05) is 10.9 Å². The Bertz CT molecular complexity index is 556. The van der Waals surface area contributed by atoms with Crippen molar-refractivity contribution >= 4 is 17.7 Å². The molecule has 2 saturated carbocycles. The third-order valence-electron chi connectivity index (χ3n) is 5.51. The lowest BCUT2D eigenvalue weighted by Crippen LogP contribution is -2.40. The van der Waals surface area contributed by atoms with Crippen LogP contribution in [0.5, 0.6) is 0 Å². The minimum Gasteiger partial charge on any atom is -0.353 e. The van der Waals surface area contributed by atoms with E-state index in [2.05, 4.69) is 44.3 Å². The van der Waals surface area contributed by atoms with Gasteiger partial charge in [0.2, 0.25) is 5.91 Å². The summed E-state index contributed by atoms with van der Waals surface area (Å²) in [7, 11) is 0. The molecule has 0 spiro atoms. The Morgan fingerprint density at radius 3 is 2.77 bits per heavy atom. The molecule has 3 rings (SSSR count). The fourth-order valence-corrected chi connectivity index (χ4v) is 5.23. The van der Waals surface area contributed by atoms with Gasteiger partial charge in [0.05, 0.1) is 5.75 Å². The summed E-state index contributed by atoms with van der Waals surface area (Å²) in [6.45, 7) is 6.42. The quantitative estimate of drug-likeness (QED) is 0.819. The Morgan fingerprint density at radius 1 is 1.32 bits per heavy atom. The van der Waals surface area contributed by atoms with Gasteiger partial charge in [0.1, 0.15) is 0 Å². The number of carbonyl (C=O) groups is 1. The SMILES string of the molecule is Cc1ccc(SCC(=O)NC(C)C2CC3CCC2C3)c(C)c1. The van der Waals surface area contributed by atoms with Crippen molar-refractivity contribution in [2.75, 3.05) is 5.75 Å². The highest BCUT2D eigenvalue weighted by molar-refractivity contribution is 8.00. The fraction of sp³-hybridized carbons (Fsp3) is 0.632. The number of benzene rings is 1. The summed E-state index contributed by atoms with van der Waals surface area (Å²) in [6, 6.07) is 6.76. The molecule has 2 nitrogen and oxygen atoms in total. The predicted octanol–water partition coefficient (Wildman–Crippen LogP) is 4.34. The van der Waals surface area contributed by atoms with Crippen LogP contribution in [0.15, 0.2) is 23.1 Å². The zero-order valence-corrected chi connectivity index (χ0v) is 14.7. The van der Waals surface area contributed by atoms with Crippen LogP contribution in [-0.2, 0) is 4.79 Å². The molecule has 1 amide bonds. The van der Waals surface area contributed by atoms with Gasteiger partial charge in [-0.25, -0.2) is 0 Å². The summed E-state index contributed by atoms with van der Waals surface area (Å²) >= 11 is 1.65. The lowest BCUT2D eigenvalue weighted by atomic mass is 9.84. The number of thioether (sulfide) groups is 1. The molecular formula is C19H27NOS. The average Bonchev–Trinajstić information content (AvgIpc) is 3.09. The Morgan fingerprint density at radius 2 is 2.14 bits per heavy atom. The standard InChI is InChI=1S/C19H27NOS/c1-12-4-7-18(13(2)8-12)22-11-19(21)20-14(3)17-10-15-5-6-16(17)9-15/h4,7-8,14-17H,5-6,9-11H2,1-3H3,(H,20,21). The molecule has 3 heteroatoms. The molecule has 4 unspecified atom stereocenters. The molecule has 0 aliphatic heterocycles. The van der Waals surface area contributed by atoms with E-state index >= 15 is 0 Å².